The molecular formula is C15H11F3N2O4S. The molecule has 2 aromatic carbocycles. The molecule has 0 aromatic heterocycles. The number of anilines is 2. The van der Waals surface area contributed by atoms with Gasteiger partial charge in [-0.05, 0) is 36.4 Å². The predicted octanol–water partition coefficient (Wildman–Crippen LogP) is 2.84. The molecule has 2 N–H and O–H groups in total. The van der Waals surface area contributed by atoms with E-state index < -0.39 is 27.7 Å². The third kappa shape index (κ3) is 3.68. The molecule has 0 atom stereocenters. The first-order valence-corrected chi connectivity index (χ1v) is 8.40. The zero-order valence-corrected chi connectivity index (χ0v) is 13.2. The Morgan fingerprint density at radius 1 is 1.12 bits per heavy atom. The molecule has 0 bridgehead atoms. The molecule has 0 unspecified atom stereocenters. The number of sulfonamides is 1. The third-order valence-corrected chi connectivity index (χ3v) is 4.72. The summed E-state index contributed by atoms with van der Waals surface area (Å²) < 4.78 is 70.1. The lowest BCUT2D eigenvalue weighted by molar-refractivity contribution is -0.137. The minimum absolute atomic E-state index is 0.170. The van der Waals surface area contributed by atoms with Crippen molar-refractivity contribution < 1.29 is 31.1 Å². The minimum atomic E-state index is -4.59. The Morgan fingerprint density at radius 3 is 2.60 bits per heavy atom. The topological polar surface area (TPSA) is 84.5 Å². The van der Waals surface area contributed by atoms with E-state index in [1.165, 1.54) is 24.3 Å². The van der Waals surface area contributed by atoms with Gasteiger partial charge in [0.2, 0.25) is 0 Å². The van der Waals surface area contributed by atoms with E-state index in [9.17, 15) is 26.4 Å². The second-order valence-corrected chi connectivity index (χ2v) is 6.86. The van der Waals surface area contributed by atoms with Crippen molar-refractivity contribution in [3.05, 3.63) is 48.0 Å². The van der Waals surface area contributed by atoms with Crippen LogP contribution in [-0.4, -0.2) is 20.9 Å². The number of ether oxygens (including phenoxy) is 1. The van der Waals surface area contributed by atoms with Crippen molar-refractivity contribution in [1.82, 2.24) is 0 Å². The van der Waals surface area contributed by atoms with Crippen molar-refractivity contribution in [2.45, 2.75) is 11.1 Å². The number of nitrogens with one attached hydrogen (secondary N) is 2. The maximum absolute atomic E-state index is 12.7. The third-order valence-electron chi connectivity index (χ3n) is 3.34. The number of rotatable bonds is 3. The van der Waals surface area contributed by atoms with E-state index in [2.05, 4.69) is 10.0 Å². The van der Waals surface area contributed by atoms with Crippen molar-refractivity contribution in [3.8, 4) is 5.75 Å². The number of alkyl halides is 3. The summed E-state index contributed by atoms with van der Waals surface area (Å²) in [5.41, 5.74) is -1.03. The van der Waals surface area contributed by atoms with Crippen LogP contribution in [0.25, 0.3) is 0 Å². The van der Waals surface area contributed by atoms with Crippen molar-refractivity contribution >= 4 is 27.3 Å². The second-order valence-electron chi connectivity index (χ2n) is 5.18. The highest BCUT2D eigenvalue weighted by Crippen LogP contribution is 2.33. The minimum Gasteiger partial charge on any atom is -0.482 e. The van der Waals surface area contributed by atoms with Crippen LogP contribution in [0.2, 0.25) is 0 Å². The zero-order chi connectivity index (χ0) is 18.2. The van der Waals surface area contributed by atoms with E-state index in [4.69, 9.17) is 4.74 Å². The summed E-state index contributed by atoms with van der Waals surface area (Å²) in [6.45, 7) is -0.179. The summed E-state index contributed by atoms with van der Waals surface area (Å²) >= 11 is 0. The lowest BCUT2D eigenvalue weighted by atomic mass is 10.2. The van der Waals surface area contributed by atoms with E-state index in [-0.39, 0.29) is 22.9 Å². The van der Waals surface area contributed by atoms with Crippen molar-refractivity contribution in [3.63, 3.8) is 0 Å². The number of halogens is 3. The summed E-state index contributed by atoms with van der Waals surface area (Å²) in [6.07, 6.45) is -4.59. The molecule has 132 valence electrons. The second kappa shape index (κ2) is 5.96. The van der Waals surface area contributed by atoms with Crippen LogP contribution >= 0.6 is 0 Å². The number of hydrogen-bond acceptors (Lipinski definition) is 4. The van der Waals surface area contributed by atoms with Gasteiger partial charge in [-0.25, -0.2) is 8.42 Å². The van der Waals surface area contributed by atoms with Gasteiger partial charge >= 0.3 is 6.18 Å². The molecule has 1 aliphatic rings. The van der Waals surface area contributed by atoms with E-state index in [0.29, 0.717) is 11.8 Å². The molecule has 0 aliphatic carbocycles. The normalized spacial score (nSPS) is 14.3. The highest BCUT2D eigenvalue weighted by molar-refractivity contribution is 7.92. The number of carbonyl (C=O) groups excluding carboxylic acids is 1. The van der Waals surface area contributed by atoms with Gasteiger partial charge in [-0.15, -0.1) is 0 Å². The Kier molecular flexibility index (Phi) is 4.07. The summed E-state index contributed by atoms with van der Waals surface area (Å²) in [4.78, 5) is 11.1. The first-order valence-electron chi connectivity index (χ1n) is 6.92. The first kappa shape index (κ1) is 17.1. The quantitative estimate of drug-likeness (QED) is 0.868. The Morgan fingerprint density at radius 2 is 1.88 bits per heavy atom. The molecule has 2 aromatic rings. The van der Waals surface area contributed by atoms with Crippen LogP contribution in [0.15, 0.2) is 47.4 Å². The fourth-order valence-electron chi connectivity index (χ4n) is 2.20. The van der Waals surface area contributed by atoms with Gasteiger partial charge in [0.25, 0.3) is 15.9 Å². The maximum Gasteiger partial charge on any atom is 0.416 e. The first-order chi connectivity index (χ1) is 11.6. The largest absolute Gasteiger partial charge is 0.482 e. The Hall–Kier alpha value is -2.75. The number of fused-ring (bicyclic) bond motifs is 1. The highest BCUT2D eigenvalue weighted by Gasteiger charge is 2.31. The molecule has 0 spiro atoms. The Bertz CT molecular complexity index is 942. The number of carbonyl (C=O) groups is 1. The van der Waals surface area contributed by atoms with Crippen LogP contribution in [-0.2, 0) is 21.0 Å². The summed E-state index contributed by atoms with van der Waals surface area (Å²) in [6, 6.07) is 7.59. The van der Waals surface area contributed by atoms with Crippen molar-refractivity contribution in [1.29, 1.82) is 0 Å². The lowest BCUT2D eigenvalue weighted by Crippen LogP contribution is -2.25. The molecule has 1 amide bonds. The van der Waals surface area contributed by atoms with Crippen molar-refractivity contribution in [2.75, 3.05) is 16.6 Å². The van der Waals surface area contributed by atoms with Crippen LogP contribution in [0.5, 0.6) is 5.75 Å². The smallest absolute Gasteiger partial charge is 0.416 e. The fourth-order valence-corrected chi connectivity index (χ4v) is 3.28. The number of hydrogen-bond donors (Lipinski definition) is 2. The van der Waals surface area contributed by atoms with Crippen LogP contribution in [0, 0.1) is 0 Å². The van der Waals surface area contributed by atoms with E-state index in [1.807, 2.05) is 0 Å². The lowest BCUT2D eigenvalue weighted by Gasteiger charge is -2.18. The summed E-state index contributed by atoms with van der Waals surface area (Å²) in [7, 11) is -4.15. The molecular weight excluding hydrogens is 361 g/mol. The molecule has 0 radical (unpaired) electrons. The zero-order valence-electron chi connectivity index (χ0n) is 12.4. The van der Waals surface area contributed by atoms with Crippen LogP contribution in [0.1, 0.15) is 5.56 Å². The summed E-state index contributed by atoms with van der Waals surface area (Å²) in [5, 5.41) is 2.46. The predicted molar refractivity (Wildman–Crippen MR) is 82.8 cm³/mol. The maximum atomic E-state index is 12.7. The van der Waals surface area contributed by atoms with Gasteiger partial charge in [0.1, 0.15) is 5.75 Å². The van der Waals surface area contributed by atoms with Gasteiger partial charge < -0.3 is 10.1 Å². The highest BCUT2D eigenvalue weighted by atomic mass is 32.2. The molecule has 0 saturated carbocycles. The van der Waals surface area contributed by atoms with Crippen LogP contribution in [0.3, 0.4) is 0 Å². The molecule has 1 aliphatic heterocycles. The van der Waals surface area contributed by atoms with E-state index >= 15 is 0 Å². The average Bonchev–Trinajstić information content (AvgIpc) is 2.53. The Balaban J connectivity index is 1.90. The molecule has 10 heteroatoms. The SMILES string of the molecule is O=C1COc2ccc(S(=O)(=O)Nc3cccc(C(F)(F)F)c3)cc2N1. The Labute approximate surface area is 140 Å². The standard InChI is InChI=1S/C15H11F3N2O4S/c16-15(17,18)9-2-1-3-10(6-9)20-25(22,23)11-4-5-13-12(7-11)19-14(21)8-24-13/h1-7,20H,8H2,(H,19,21). The van der Waals surface area contributed by atoms with E-state index in [1.54, 1.807) is 0 Å². The van der Waals surface area contributed by atoms with Gasteiger partial charge in [0.05, 0.1) is 16.1 Å². The number of amides is 1. The van der Waals surface area contributed by atoms with Crippen molar-refractivity contribution in [2.24, 2.45) is 0 Å². The fraction of sp³-hybridized carbons (Fsp3) is 0.133. The van der Waals surface area contributed by atoms with Gasteiger partial charge in [0, 0.05) is 5.69 Å². The molecule has 25 heavy (non-hydrogen) atoms. The number of benzene rings is 2. The molecule has 1 heterocycles. The van der Waals surface area contributed by atoms with E-state index in [0.717, 1.165) is 12.1 Å². The molecule has 0 saturated heterocycles. The van der Waals surface area contributed by atoms with Gasteiger partial charge in [0.15, 0.2) is 6.61 Å². The molecule has 3 rings (SSSR count). The van der Waals surface area contributed by atoms with Crippen LogP contribution in [0.4, 0.5) is 24.5 Å². The van der Waals surface area contributed by atoms with Gasteiger partial charge in [-0.3, -0.25) is 9.52 Å². The molecule has 6 nitrogen and oxygen atoms in total. The molecule has 0 fully saturated rings. The van der Waals surface area contributed by atoms with Crippen LogP contribution < -0.4 is 14.8 Å². The average molecular weight is 372 g/mol. The monoisotopic (exact) mass is 372 g/mol. The van der Waals surface area contributed by atoms with Gasteiger partial charge in [-0.2, -0.15) is 13.2 Å². The van der Waals surface area contributed by atoms with Gasteiger partial charge in [-0.1, -0.05) is 6.07 Å². The summed E-state index contributed by atoms with van der Waals surface area (Å²) in [5.74, 6) is -0.134.